The van der Waals surface area contributed by atoms with Gasteiger partial charge in [0.2, 0.25) is 0 Å². The molecular weight excluding hydrogens is 216 g/mol. The Bertz CT molecular complexity index is 278. The van der Waals surface area contributed by atoms with Gasteiger partial charge in [0, 0.05) is 18.1 Å². The van der Waals surface area contributed by atoms with Gasteiger partial charge in [-0.1, -0.05) is 0 Å². The van der Waals surface area contributed by atoms with Gasteiger partial charge in [-0.15, -0.1) is 0 Å². The van der Waals surface area contributed by atoms with E-state index in [9.17, 15) is 4.79 Å². The molecule has 0 aliphatic heterocycles. The van der Waals surface area contributed by atoms with Crippen LogP contribution in [0.3, 0.4) is 0 Å². The molecule has 1 rings (SSSR count). The highest BCUT2D eigenvalue weighted by molar-refractivity contribution is 5.68. The van der Waals surface area contributed by atoms with E-state index in [2.05, 4.69) is 0 Å². The molecule has 1 fully saturated rings. The van der Waals surface area contributed by atoms with Crippen LogP contribution in [0.1, 0.15) is 53.9 Å². The van der Waals surface area contributed by atoms with Crippen molar-refractivity contribution < 1.29 is 9.53 Å². The molecule has 0 saturated heterocycles. The van der Waals surface area contributed by atoms with E-state index in [-0.39, 0.29) is 17.7 Å². The van der Waals surface area contributed by atoms with Crippen molar-refractivity contribution in [1.82, 2.24) is 4.90 Å². The molecule has 0 aromatic heterocycles. The van der Waals surface area contributed by atoms with Gasteiger partial charge in [0.25, 0.3) is 0 Å². The minimum absolute atomic E-state index is 0.0187. The van der Waals surface area contributed by atoms with E-state index in [1.54, 1.807) is 4.90 Å². The molecule has 0 unspecified atom stereocenters. The number of hydrogen-bond acceptors (Lipinski definition) is 3. The monoisotopic (exact) mass is 242 g/mol. The van der Waals surface area contributed by atoms with E-state index in [0.717, 1.165) is 19.3 Å². The molecule has 1 aliphatic rings. The quantitative estimate of drug-likeness (QED) is 0.824. The molecule has 0 heterocycles. The molecule has 2 N–H and O–H groups in total. The van der Waals surface area contributed by atoms with Crippen LogP contribution in [0.15, 0.2) is 0 Å². The maximum atomic E-state index is 12.0. The summed E-state index contributed by atoms with van der Waals surface area (Å²) in [6.07, 6.45) is 2.78. The molecule has 0 atom stereocenters. The lowest BCUT2D eigenvalue weighted by Gasteiger charge is -2.30. The number of ether oxygens (including phenoxy) is 1. The maximum absolute atomic E-state index is 12.0. The van der Waals surface area contributed by atoms with E-state index in [1.165, 1.54) is 0 Å². The Kier molecular flexibility index (Phi) is 4.07. The number of nitrogens with zero attached hydrogens (tertiary/aromatic N) is 1. The molecule has 100 valence electrons. The fourth-order valence-corrected chi connectivity index (χ4v) is 1.63. The number of hydrogen-bond donors (Lipinski definition) is 1. The highest BCUT2D eigenvalue weighted by Gasteiger charge is 2.38. The van der Waals surface area contributed by atoms with Crippen LogP contribution in [0.5, 0.6) is 0 Å². The highest BCUT2D eigenvalue weighted by Crippen LogP contribution is 2.35. The molecule has 17 heavy (non-hydrogen) atoms. The predicted molar refractivity (Wildman–Crippen MR) is 68.8 cm³/mol. The van der Waals surface area contributed by atoms with Gasteiger partial charge >= 0.3 is 6.09 Å². The van der Waals surface area contributed by atoms with E-state index in [4.69, 9.17) is 10.5 Å². The largest absolute Gasteiger partial charge is 0.444 e. The third-order valence-corrected chi connectivity index (χ3v) is 2.99. The SMILES string of the molecule is CC(C)N(CCC1(N)CC1)C(=O)OC(C)(C)C. The topological polar surface area (TPSA) is 55.6 Å². The number of carbonyl (C=O) groups is 1. The first kappa shape index (κ1) is 14.3. The summed E-state index contributed by atoms with van der Waals surface area (Å²) >= 11 is 0. The number of nitrogens with two attached hydrogens (primary N) is 1. The second-order valence-corrected chi connectivity index (χ2v) is 6.38. The second-order valence-electron chi connectivity index (χ2n) is 6.38. The first-order chi connectivity index (χ1) is 7.63. The summed E-state index contributed by atoms with van der Waals surface area (Å²) in [5.41, 5.74) is 5.58. The minimum atomic E-state index is -0.440. The number of amides is 1. The van der Waals surface area contributed by atoms with E-state index in [0.29, 0.717) is 6.54 Å². The average Bonchev–Trinajstić information content (AvgIpc) is 2.80. The molecule has 0 aromatic rings. The normalized spacial score (nSPS) is 18.1. The summed E-state index contributed by atoms with van der Waals surface area (Å²) in [6.45, 7) is 10.3. The number of carbonyl (C=O) groups excluding carboxylic acids is 1. The van der Waals surface area contributed by atoms with Gasteiger partial charge in [-0.3, -0.25) is 0 Å². The average molecular weight is 242 g/mol. The lowest BCUT2D eigenvalue weighted by molar-refractivity contribution is 0.0184. The van der Waals surface area contributed by atoms with Gasteiger partial charge < -0.3 is 15.4 Å². The predicted octanol–water partition coefficient (Wildman–Crippen LogP) is 2.51. The van der Waals surface area contributed by atoms with Crippen LogP contribution in [-0.2, 0) is 4.74 Å². The van der Waals surface area contributed by atoms with E-state index < -0.39 is 5.60 Å². The van der Waals surface area contributed by atoms with Crippen molar-refractivity contribution in [2.24, 2.45) is 5.73 Å². The summed E-state index contributed by atoms with van der Waals surface area (Å²) in [6, 6.07) is 0.146. The Balaban J connectivity index is 2.49. The first-order valence-electron chi connectivity index (χ1n) is 6.41. The van der Waals surface area contributed by atoms with Crippen LogP contribution < -0.4 is 5.73 Å². The van der Waals surface area contributed by atoms with E-state index >= 15 is 0 Å². The molecule has 4 heteroatoms. The third kappa shape index (κ3) is 4.94. The number of rotatable bonds is 4. The lowest BCUT2D eigenvalue weighted by atomic mass is 10.1. The third-order valence-electron chi connectivity index (χ3n) is 2.99. The Morgan fingerprint density at radius 1 is 1.41 bits per heavy atom. The smallest absolute Gasteiger partial charge is 0.410 e. The first-order valence-corrected chi connectivity index (χ1v) is 6.41. The lowest BCUT2D eigenvalue weighted by Crippen LogP contribution is -2.43. The van der Waals surface area contributed by atoms with E-state index in [1.807, 2.05) is 34.6 Å². The van der Waals surface area contributed by atoms with Crippen LogP contribution in [0.2, 0.25) is 0 Å². The Labute approximate surface area is 104 Å². The van der Waals surface area contributed by atoms with Gasteiger partial charge in [0.1, 0.15) is 5.60 Å². The Hall–Kier alpha value is -0.770. The fourth-order valence-electron chi connectivity index (χ4n) is 1.63. The van der Waals surface area contributed by atoms with Gasteiger partial charge in [-0.05, 0) is 53.9 Å². The molecule has 0 radical (unpaired) electrons. The van der Waals surface area contributed by atoms with Crippen LogP contribution >= 0.6 is 0 Å². The molecule has 1 aliphatic carbocycles. The van der Waals surface area contributed by atoms with Crippen LogP contribution in [-0.4, -0.2) is 34.7 Å². The van der Waals surface area contributed by atoms with Gasteiger partial charge in [0.15, 0.2) is 0 Å². The second kappa shape index (κ2) is 4.84. The zero-order valence-electron chi connectivity index (χ0n) is 11.7. The minimum Gasteiger partial charge on any atom is -0.444 e. The van der Waals surface area contributed by atoms with Crippen molar-refractivity contribution in [3.8, 4) is 0 Å². The zero-order chi connectivity index (χ0) is 13.3. The fraction of sp³-hybridized carbons (Fsp3) is 0.923. The standard InChI is InChI=1S/C13H26N2O2/c1-10(2)15(9-8-13(14)6-7-13)11(16)17-12(3,4)5/h10H,6-9,14H2,1-5H3. The Morgan fingerprint density at radius 2 is 1.94 bits per heavy atom. The van der Waals surface area contributed by atoms with Gasteiger partial charge in [0.05, 0.1) is 0 Å². The summed E-state index contributed by atoms with van der Waals surface area (Å²) < 4.78 is 5.39. The van der Waals surface area contributed by atoms with Crippen molar-refractivity contribution in [2.45, 2.75) is 71.1 Å². The van der Waals surface area contributed by atoms with Crippen molar-refractivity contribution in [3.05, 3.63) is 0 Å². The highest BCUT2D eigenvalue weighted by atomic mass is 16.6. The molecule has 1 amide bonds. The van der Waals surface area contributed by atoms with Crippen molar-refractivity contribution in [2.75, 3.05) is 6.54 Å². The molecule has 1 saturated carbocycles. The summed E-state index contributed by atoms with van der Waals surface area (Å²) in [4.78, 5) is 13.8. The molecule has 4 nitrogen and oxygen atoms in total. The molecule has 0 bridgehead atoms. The Morgan fingerprint density at radius 3 is 2.29 bits per heavy atom. The van der Waals surface area contributed by atoms with Gasteiger partial charge in [-0.25, -0.2) is 4.79 Å². The van der Waals surface area contributed by atoms with Gasteiger partial charge in [-0.2, -0.15) is 0 Å². The molecule has 0 spiro atoms. The summed E-state index contributed by atoms with van der Waals surface area (Å²) in [5, 5.41) is 0. The van der Waals surface area contributed by atoms with Crippen molar-refractivity contribution in [1.29, 1.82) is 0 Å². The van der Waals surface area contributed by atoms with Crippen molar-refractivity contribution >= 4 is 6.09 Å². The molecular formula is C13H26N2O2. The maximum Gasteiger partial charge on any atom is 0.410 e. The summed E-state index contributed by atoms with van der Waals surface area (Å²) in [5.74, 6) is 0. The molecule has 0 aromatic carbocycles. The van der Waals surface area contributed by atoms with Crippen molar-refractivity contribution in [3.63, 3.8) is 0 Å². The van der Waals surface area contributed by atoms with Crippen LogP contribution in [0.25, 0.3) is 0 Å². The zero-order valence-corrected chi connectivity index (χ0v) is 11.7. The van der Waals surface area contributed by atoms with Crippen LogP contribution in [0.4, 0.5) is 4.79 Å². The van der Waals surface area contributed by atoms with Crippen LogP contribution in [0, 0.1) is 0 Å². The summed E-state index contributed by atoms with van der Waals surface area (Å²) in [7, 11) is 0.